The summed E-state index contributed by atoms with van der Waals surface area (Å²) in [4.78, 5) is 15.0. The van der Waals surface area contributed by atoms with Gasteiger partial charge in [0.25, 0.3) is 0 Å². The highest BCUT2D eigenvalue weighted by molar-refractivity contribution is 5.87. The van der Waals surface area contributed by atoms with E-state index in [-0.39, 0.29) is 18.4 Å². The highest BCUT2D eigenvalue weighted by Gasteiger charge is 2.62. The van der Waals surface area contributed by atoms with Gasteiger partial charge >= 0.3 is 5.97 Å². The standard InChI is InChI=1S/C22H27NO2.ClH/c1-3-25-21(24)22(19-12-8-5-9-13-19)16-20(22)17-23(2)15-14-18-10-6-4-7-11-18;/h4-13,20H,3,14-17H2,1-2H3;1H. The summed E-state index contributed by atoms with van der Waals surface area (Å²) in [7, 11) is 2.14. The molecule has 1 aliphatic rings. The van der Waals surface area contributed by atoms with Crippen LogP contribution in [0.5, 0.6) is 0 Å². The van der Waals surface area contributed by atoms with Gasteiger partial charge in [0.15, 0.2) is 0 Å². The molecule has 0 bridgehead atoms. The maximum absolute atomic E-state index is 12.7. The first kappa shape index (κ1) is 20.5. The molecule has 2 aromatic carbocycles. The Morgan fingerprint density at radius 2 is 1.73 bits per heavy atom. The van der Waals surface area contributed by atoms with Crippen molar-refractivity contribution in [3.63, 3.8) is 0 Å². The van der Waals surface area contributed by atoms with Crippen molar-refractivity contribution in [1.82, 2.24) is 4.90 Å². The lowest BCUT2D eigenvalue weighted by Gasteiger charge is -2.21. The van der Waals surface area contributed by atoms with Crippen LogP contribution in [0, 0.1) is 5.92 Å². The van der Waals surface area contributed by atoms with E-state index in [1.54, 1.807) is 0 Å². The summed E-state index contributed by atoms with van der Waals surface area (Å²) < 4.78 is 5.41. The Morgan fingerprint density at radius 1 is 1.12 bits per heavy atom. The molecule has 4 heteroatoms. The quantitative estimate of drug-likeness (QED) is 0.652. The lowest BCUT2D eigenvalue weighted by molar-refractivity contribution is -0.146. The lowest BCUT2D eigenvalue weighted by atomic mass is 9.93. The van der Waals surface area contributed by atoms with Gasteiger partial charge in [-0.3, -0.25) is 4.79 Å². The zero-order chi connectivity index (χ0) is 17.7. The molecule has 26 heavy (non-hydrogen) atoms. The van der Waals surface area contributed by atoms with E-state index < -0.39 is 5.41 Å². The van der Waals surface area contributed by atoms with Crippen LogP contribution in [0.15, 0.2) is 60.7 Å². The number of carbonyl (C=O) groups excluding carboxylic acids is 1. The SMILES string of the molecule is CCOC(=O)C1(c2ccccc2)CC1CN(C)CCc1ccccc1.Cl. The Balaban J connectivity index is 0.00000243. The highest BCUT2D eigenvalue weighted by atomic mass is 35.5. The molecule has 2 unspecified atom stereocenters. The van der Waals surface area contributed by atoms with Gasteiger partial charge in [-0.25, -0.2) is 0 Å². The lowest BCUT2D eigenvalue weighted by Crippen LogP contribution is -2.31. The van der Waals surface area contributed by atoms with E-state index >= 15 is 0 Å². The third kappa shape index (κ3) is 4.46. The van der Waals surface area contributed by atoms with Crippen molar-refractivity contribution in [2.24, 2.45) is 5.92 Å². The van der Waals surface area contributed by atoms with Gasteiger partial charge in [-0.15, -0.1) is 12.4 Å². The molecule has 3 rings (SSSR count). The van der Waals surface area contributed by atoms with Crippen molar-refractivity contribution in [2.45, 2.75) is 25.2 Å². The van der Waals surface area contributed by atoms with E-state index in [1.807, 2.05) is 31.2 Å². The Bertz CT molecular complexity index is 692. The van der Waals surface area contributed by atoms with Gasteiger partial charge in [0.05, 0.1) is 12.0 Å². The van der Waals surface area contributed by atoms with Gasteiger partial charge in [0, 0.05) is 13.1 Å². The van der Waals surface area contributed by atoms with E-state index in [4.69, 9.17) is 4.74 Å². The highest BCUT2D eigenvalue weighted by Crippen LogP contribution is 2.55. The van der Waals surface area contributed by atoms with Gasteiger partial charge in [-0.1, -0.05) is 60.7 Å². The van der Waals surface area contributed by atoms with E-state index in [0.29, 0.717) is 12.5 Å². The molecule has 0 radical (unpaired) electrons. The Hall–Kier alpha value is -1.84. The number of benzene rings is 2. The summed E-state index contributed by atoms with van der Waals surface area (Å²) >= 11 is 0. The van der Waals surface area contributed by atoms with Gasteiger partial charge in [0.1, 0.15) is 0 Å². The number of esters is 1. The Morgan fingerprint density at radius 3 is 2.35 bits per heavy atom. The largest absolute Gasteiger partial charge is 0.465 e. The van der Waals surface area contributed by atoms with Crippen molar-refractivity contribution >= 4 is 18.4 Å². The summed E-state index contributed by atoms with van der Waals surface area (Å²) in [6.07, 6.45) is 1.91. The molecule has 2 aromatic rings. The third-order valence-corrected chi connectivity index (χ3v) is 5.19. The van der Waals surface area contributed by atoms with E-state index in [9.17, 15) is 4.79 Å². The van der Waals surface area contributed by atoms with Crippen LogP contribution in [0.2, 0.25) is 0 Å². The van der Waals surface area contributed by atoms with Crippen LogP contribution in [0.25, 0.3) is 0 Å². The molecule has 0 spiro atoms. The number of hydrogen-bond acceptors (Lipinski definition) is 3. The fourth-order valence-electron chi connectivity index (χ4n) is 3.70. The zero-order valence-corrected chi connectivity index (χ0v) is 16.4. The molecule has 140 valence electrons. The van der Waals surface area contributed by atoms with Crippen molar-refractivity contribution < 1.29 is 9.53 Å². The number of nitrogens with zero attached hydrogens (tertiary/aromatic N) is 1. The van der Waals surface area contributed by atoms with Gasteiger partial charge in [-0.05, 0) is 43.9 Å². The molecule has 2 atom stereocenters. The topological polar surface area (TPSA) is 29.5 Å². The molecule has 3 nitrogen and oxygen atoms in total. The maximum atomic E-state index is 12.7. The van der Waals surface area contributed by atoms with Crippen molar-refractivity contribution in [3.8, 4) is 0 Å². The molecule has 0 N–H and O–H groups in total. The molecule has 1 aliphatic carbocycles. The van der Waals surface area contributed by atoms with Crippen molar-refractivity contribution in [2.75, 3.05) is 26.7 Å². The monoisotopic (exact) mass is 373 g/mol. The molecular weight excluding hydrogens is 346 g/mol. The second-order valence-corrected chi connectivity index (χ2v) is 6.96. The maximum Gasteiger partial charge on any atom is 0.316 e. The van der Waals surface area contributed by atoms with Crippen LogP contribution in [-0.4, -0.2) is 37.6 Å². The summed E-state index contributed by atoms with van der Waals surface area (Å²) in [5.74, 6) is 0.261. The second-order valence-electron chi connectivity index (χ2n) is 6.96. The summed E-state index contributed by atoms with van der Waals surface area (Å²) in [5, 5.41) is 0. The Labute approximate surface area is 162 Å². The van der Waals surface area contributed by atoms with Crippen LogP contribution in [0.4, 0.5) is 0 Å². The third-order valence-electron chi connectivity index (χ3n) is 5.19. The van der Waals surface area contributed by atoms with E-state index in [0.717, 1.165) is 31.5 Å². The summed E-state index contributed by atoms with van der Waals surface area (Å²) in [6.45, 7) is 4.22. The van der Waals surface area contributed by atoms with Crippen LogP contribution in [0.1, 0.15) is 24.5 Å². The van der Waals surface area contributed by atoms with Crippen LogP contribution in [0.3, 0.4) is 0 Å². The molecular formula is C22H28ClNO2. The minimum Gasteiger partial charge on any atom is -0.465 e. The predicted molar refractivity (Wildman–Crippen MR) is 108 cm³/mol. The average molecular weight is 374 g/mol. The smallest absolute Gasteiger partial charge is 0.316 e. The van der Waals surface area contributed by atoms with Crippen LogP contribution < -0.4 is 0 Å². The van der Waals surface area contributed by atoms with Crippen molar-refractivity contribution in [3.05, 3.63) is 71.8 Å². The first-order chi connectivity index (χ1) is 12.2. The number of hydrogen-bond donors (Lipinski definition) is 0. The van der Waals surface area contributed by atoms with Gasteiger partial charge < -0.3 is 9.64 Å². The van der Waals surface area contributed by atoms with Crippen LogP contribution in [-0.2, 0) is 21.4 Å². The molecule has 0 saturated heterocycles. The fraction of sp³-hybridized carbons (Fsp3) is 0.409. The van der Waals surface area contributed by atoms with Crippen LogP contribution >= 0.6 is 12.4 Å². The number of likely N-dealkylation sites (N-methyl/N-ethyl adjacent to an activating group) is 1. The average Bonchev–Trinajstić information content (AvgIpc) is 3.37. The molecule has 0 amide bonds. The molecule has 1 saturated carbocycles. The van der Waals surface area contributed by atoms with Gasteiger partial charge in [0.2, 0.25) is 0 Å². The number of ether oxygens (including phenoxy) is 1. The predicted octanol–water partition coefficient (Wildman–Crippen LogP) is 4.10. The minimum absolute atomic E-state index is 0. The van der Waals surface area contributed by atoms with E-state index in [1.165, 1.54) is 5.56 Å². The van der Waals surface area contributed by atoms with Crippen molar-refractivity contribution in [1.29, 1.82) is 0 Å². The Kier molecular flexibility index (Phi) is 7.24. The number of carbonyl (C=O) groups is 1. The number of rotatable bonds is 8. The fourth-order valence-corrected chi connectivity index (χ4v) is 3.70. The summed E-state index contributed by atoms with van der Waals surface area (Å²) in [5.41, 5.74) is 2.00. The molecule has 0 heterocycles. The zero-order valence-electron chi connectivity index (χ0n) is 15.6. The molecule has 0 aliphatic heterocycles. The second kappa shape index (κ2) is 9.20. The van der Waals surface area contributed by atoms with E-state index in [2.05, 4.69) is 48.3 Å². The molecule has 1 fully saturated rings. The first-order valence-electron chi connectivity index (χ1n) is 9.12. The van der Waals surface area contributed by atoms with Gasteiger partial charge in [-0.2, -0.15) is 0 Å². The minimum atomic E-state index is -0.446. The normalized spacial score (nSPS) is 21.1. The molecule has 0 aromatic heterocycles. The summed E-state index contributed by atoms with van der Waals surface area (Å²) in [6, 6.07) is 20.7. The first-order valence-corrected chi connectivity index (χ1v) is 9.12. The number of halogens is 1.